The Kier molecular flexibility index (Phi) is 5.83. The maximum Gasteiger partial charge on any atom is 0.248 e. The Balaban J connectivity index is 1.23. The van der Waals surface area contributed by atoms with Crippen molar-refractivity contribution in [1.82, 2.24) is 20.4 Å². The minimum Gasteiger partial charge on any atom is -0.420 e. The molecule has 0 atom stereocenters. The second-order valence-electron chi connectivity index (χ2n) is 7.27. The van der Waals surface area contributed by atoms with Gasteiger partial charge in [-0.3, -0.25) is 9.69 Å². The second-order valence-corrected chi connectivity index (χ2v) is 8.05. The lowest BCUT2D eigenvalue weighted by molar-refractivity contribution is -0.122. The van der Waals surface area contributed by atoms with Crippen molar-refractivity contribution in [3.63, 3.8) is 0 Å². The molecular formula is C21H24N4O2S. The summed E-state index contributed by atoms with van der Waals surface area (Å²) in [6, 6.07) is 10.2. The number of amides is 1. The number of benzene rings is 1. The Bertz CT molecular complexity index is 897. The number of hydrogen-bond acceptors (Lipinski definition) is 6. The Morgan fingerprint density at radius 2 is 2.00 bits per heavy atom. The number of nitrogens with one attached hydrogen (secondary N) is 1. The van der Waals surface area contributed by atoms with Crippen LogP contribution in [0.3, 0.4) is 0 Å². The smallest absolute Gasteiger partial charge is 0.248 e. The first-order valence-electron chi connectivity index (χ1n) is 9.58. The normalized spacial score (nSPS) is 15.6. The molecule has 6 nitrogen and oxygen atoms in total. The van der Waals surface area contributed by atoms with Gasteiger partial charge in [-0.2, -0.15) is 11.3 Å². The summed E-state index contributed by atoms with van der Waals surface area (Å²) < 4.78 is 5.87. The molecule has 1 amide bonds. The van der Waals surface area contributed by atoms with Crippen molar-refractivity contribution in [1.29, 1.82) is 0 Å². The van der Waals surface area contributed by atoms with Gasteiger partial charge < -0.3 is 9.73 Å². The number of aryl methyl sites for hydroxylation is 1. The Hall–Kier alpha value is -2.51. The number of piperidine rings is 1. The topological polar surface area (TPSA) is 71.3 Å². The summed E-state index contributed by atoms with van der Waals surface area (Å²) in [4.78, 5) is 14.4. The van der Waals surface area contributed by atoms with Crippen molar-refractivity contribution in [3.05, 3.63) is 58.1 Å². The summed E-state index contributed by atoms with van der Waals surface area (Å²) in [5, 5.41) is 15.4. The molecule has 1 aliphatic rings. The van der Waals surface area contributed by atoms with Crippen LogP contribution >= 0.6 is 11.3 Å². The fraction of sp³-hybridized carbons (Fsp3) is 0.381. The molecule has 7 heteroatoms. The number of aromatic nitrogens is 2. The maximum absolute atomic E-state index is 12.2. The average Bonchev–Trinajstić information content (AvgIpc) is 3.40. The Morgan fingerprint density at radius 1 is 1.21 bits per heavy atom. The van der Waals surface area contributed by atoms with Gasteiger partial charge in [0.15, 0.2) is 0 Å². The number of hydrogen-bond donors (Lipinski definition) is 1. The highest BCUT2D eigenvalue weighted by Gasteiger charge is 2.26. The van der Waals surface area contributed by atoms with Crippen LogP contribution in [0.5, 0.6) is 0 Å². The molecule has 1 saturated heterocycles. The highest BCUT2D eigenvalue weighted by Crippen LogP contribution is 2.29. The standard InChI is InChI=1S/C21H24N4O2S/c1-15-2-4-16(5-3-15)12-22-19(26)13-25-9-6-17(7-10-25)20-23-24-21(27-20)18-8-11-28-14-18/h2-5,8,11,14,17H,6-7,9-10,12-13H2,1H3,(H,22,26). The lowest BCUT2D eigenvalue weighted by Crippen LogP contribution is -2.41. The van der Waals surface area contributed by atoms with Crippen LogP contribution in [0.15, 0.2) is 45.5 Å². The molecule has 1 aliphatic heterocycles. The van der Waals surface area contributed by atoms with E-state index in [4.69, 9.17) is 4.42 Å². The summed E-state index contributed by atoms with van der Waals surface area (Å²) >= 11 is 1.62. The quantitative estimate of drug-likeness (QED) is 0.689. The third-order valence-electron chi connectivity index (χ3n) is 5.12. The molecular weight excluding hydrogens is 372 g/mol. The van der Waals surface area contributed by atoms with Crippen molar-refractivity contribution in [2.75, 3.05) is 19.6 Å². The monoisotopic (exact) mass is 396 g/mol. The van der Waals surface area contributed by atoms with Gasteiger partial charge in [-0.15, -0.1) is 10.2 Å². The van der Waals surface area contributed by atoms with E-state index in [2.05, 4.69) is 51.6 Å². The van der Waals surface area contributed by atoms with E-state index in [0.29, 0.717) is 24.9 Å². The van der Waals surface area contributed by atoms with Gasteiger partial charge in [-0.05, 0) is 49.9 Å². The largest absolute Gasteiger partial charge is 0.420 e. The fourth-order valence-electron chi connectivity index (χ4n) is 3.41. The number of carbonyl (C=O) groups excluding carboxylic acids is 1. The molecule has 0 spiro atoms. The predicted molar refractivity (Wildman–Crippen MR) is 109 cm³/mol. The van der Waals surface area contributed by atoms with Crippen LogP contribution < -0.4 is 5.32 Å². The van der Waals surface area contributed by atoms with Crippen molar-refractivity contribution in [3.8, 4) is 11.5 Å². The number of thiophene rings is 1. The molecule has 0 unspecified atom stereocenters. The maximum atomic E-state index is 12.2. The van der Waals surface area contributed by atoms with Crippen molar-refractivity contribution < 1.29 is 9.21 Å². The molecule has 0 bridgehead atoms. The van der Waals surface area contributed by atoms with E-state index in [1.807, 2.05) is 16.8 Å². The molecule has 4 rings (SSSR count). The van der Waals surface area contributed by atoms with E-state index in [9.17, 15) is 4.79 Å². The van der Waals surface area contributed by atoms with E-state index in [-0.39, 0.29) is 11.8 Å². The summed E-state index contributed by atoms with van der Waals surface area (Å²) in [6.45, 7) is 4.78. The van der Waals surface area contributed by atoms with Gasteiger partial charge >= 0.3 is 0 Å². The van der Waals surface area contributed by atoms with Gasteiger partial charge in [-0.25, -0.2) is 0 Å². The van der Waals surface area contributed by atoms with Crippen LogP contribution in [0.2, 0.25) is 0 Å². The third-order valence-corrected chi connectivity index (χ3v) is 5.81. The van der Waals surface area contributed by atoms with Gasteiger partial charge in [0.1, 0.15) is 0 Å². The second kappa shape index (κ2) is 8.67. The van der Waals surface area contributed by atoms with Crippen LogP contribution in [0.1, 0.15) is 35.8 Å². The number of rotatable bonds is 6. The van der Waals surface area contributed by atoms with Crippen LogP contribution in [0, 0.1) is 6.92 Å². The van der Waals surface area contributed by atoms with E-state index in [1.54, 1.807) is 11.3 Å². The lowest BCUT2D eigenvalue weighted by atomic mass is 9.97. The number of nitrogens with zero attached hydrogens (tertiary/aromatic N) is 3. The van der Waals surface area contributed by atoms with Crippen molar-refractivity contribution >= 4 is 17.2 Å². The Morgan fingerprint density at radius 3 is 2.71 bits per heavy atom. The van der Waals surface area contributed by atoms with E-state index in [0.717, 1.165) is 37.1 Å². The third kappa shape index (κ3) is 4.66. The van der Waals surface area contributed by atoms with E-state index >= 15 is 0 Å². The van der Waals surface area contributed by atoms with Gasteiger partial charge in [0.2, 0.25) is 17.7 Å². The zero-order valence-electron chi connectivity index (χ0n) is 15.9. The zero-order valence-corrected chi connectivity index (χ0v) is 16.7. The molecule has 146 valence electrons. The summed E-state index contributed by atoms with van der Waals surface area (Å²) in [6.07, 6.45) is 1.85. The Labute approximate surface area is 168 Å². The number of likely N-dealkylation sites (tertiary alicyclic amines) is 1. The molecule has 28 heavy (non-hydrogen) atoms. The molecule has 2 aromatic heterocycles. The molecule has 3 aromatic rings. The minimum absolute atomic E-state index is 0.0663. The van der Waals surface area contributed by atoms with Gasteiger partial charge in [0.05, 0.1) is 6.54 Å². The SMILES string of the molecule is Cc1ccc(CNC(=O)CN2CCC(c3nnc(-c4ccsc4)o3)CC2)cc1. The van der Waals surface area contributed by atoms with Crippen LogP contribution in [0.4, 0.5) is 0 Å². The first-order valence-corrected chi connectivity index (χ1v) is 10.5. The van der Waals surface area contributed by atoms with Gasteiger partial charge in [0, 0.05) is 23.4 Å². The molecule has 3 heterocycles. The van der Waals surface area contributed by atoms with Gasteiger partial charge in [0.25, 0.3) is 0 Å². The minimum atomic E-state index is 0.0663. The first kappa shape index (κ1) is 18.8. The summed E-state index contributed by atoms with van der Waals surface area (Å²) in [5.74, 6) is 1.64. The molecule has 1 fully saturated rings. The van der Waals surface area contributed by atoms with Crippen LogP contribution in [-0.2, 0) is 11.3 Å². The first-order chi connectivity index (χ1) is 13.7. The fourth-order valence-corrected chi connectivity index (χ4v) is 4.04. The van der Waals surface area contributed by atoms with E-state index < -0.39 is 0 Å². The van der Waals surface area contributed by atoms with E-state index in [1.165, 1.54) is 5.56 Å². The zero-order chi connectivity index (χ0) is 19.3. The summed E-state index contributed by atoms with van der Waals surface area (Å²) in [5.41, 5.74) is 3.32. The molecule has 1 N–H and O–H groups in total. The molecule has 1 aromatic carbocycles. The number of carbonyl (C=O) groups is 1. The van der Waals surface area contributed by atoms with Crippen molar-refractivity contribution in [2.24, 2.45) is 0 Å². The predicted octanol–water partition coefficient (Wildman–Crippen LogP) is 3.60. The van der Waals surface area contributed by atoms with Crippen LogP contribution in [0.25, 0.3) is 11.5 Å². The van der Waals surface area contributed by atoms with Crippen LogP contribution in [-0.4, -0.2) is 40.6 Å². The highest BCUT2D eigenvalue weighted by atomic mass is 32.1. The lowest BCUT2D eigenvalue weighted by Gasteiger charge is -2.29. The highest BCUT2D eigenvalue weighted by molar-refractivity contribution is 7.08. The average molecular weight is 397 g/mol. The summed E-state index contributed by atoms with van der Waals surface area (Å²) in [7, 11) is 0. The molecule has 0 radical (unpaired) electrons. The molecule has 0 saturated carbocycles. The van der Waals surface area contributed by atoms with Crippen molar-refractivity contribution in [2.45, 2.75) is 32.2 Å². The molecule has 0 aliphatic carbocycles. The van der Waals surface area contributed by atoms with Gasteiger partial charge in [-0.1, -0.05) is 29.8 Å².